The van der Waals surface area contributed by atoms with Crippen molar-refractivity contribution >= 4 is 23.1 Å². The molecule has 1 N–H and O–H groups in total. The van der Waals surface area contributed by atoms with Crippen LogP contribution in [-0.4, -0.2) is 23.7 Å². The molecule has 2 aromatic carbocycles. The van der Waals surface area contributed by atoms with E-state index >= 15 is 0 Å². The maximum atomic E-state index is 13.6. The molecule has 0 bridgehead atoms. The van der Waals surface area contributed by atoms with Gasteiger partial charge in [-0.3, -0.25) is 10.2 Å². The summed E-state index contributed by atoms with van der Waals surface area (Å²) < 4.78 is 5.98. The molecule has 1 aromatic heterocycles. The average Bonchev–Trinajstić information content (AvgIpc) is 3.60. The van der Waals surface area contributed by atoms with E-state index in [9.17, 15) is 10.1 Å². The number of fused-ring (bicyclic) bond motifs is 3. The molecule has 1 saturated carbocycles. The lowest BCUT2D eigenvalue weighted by Crippen LogP contribution is -2.51. The zero-order chi connectivity index (χ0) is 23.6. The Labute approximate surface area is 203 Å². The number of nitriles is 1. The van der Waals surface area contributed by atoms with E-state index in [0.29, 0.717) is 30.3 Å². The number of benzene rings is 2. The summed E-state index contributed by atoms with van der Waals surface area (Å²) in [7, 11) is 1.71. The van der Waals surface area contributed by atoms with Gasteiger partial charge < -0.3 is 9.64 Å². The van der Waals surface area contributed by atoms with Crippen LogP contribution in [-0.2, 0) is 16.8 Å². The minimum Gasteiger partial charge on any atom is -0.487 e. The third kappa shape index (κ3) is 3.19. The summed E-state index contributed by atoms with van der Waals surface area (Å²) in [5, 5.41) is 17.9. The van der Waals surface area contributed by atoms with Gasteiger partial charge in [0.25, 0.3) is 0 Å². The summed E-state index contributed by atoms with van der Waals surface area (Å²) in [6.45, 7) is 2.59. The average molecular weight is 468 g/mol. The van der Waals surface area contributed by atoms with Gasteiger partial charge in [0.05, 0.1) is 22.4 Å². The fraction of sp³-hybridized carbons (Fsp3) is 0.321. The first kappa shape index (κ1) is 21.1. The standard InChI is InChI=1S/C28H25N3O2S/c1-28(24-12-21-20-11-16(14-29)3-10-22(20)33-15-23(21)34-24)13-25(30)31(2)27(32)26(28)19-8-6-18(7-9-19)17-4-5-17/h3,6-12,17,26,30H,4-5,13,15H2,1-2H3/t26-,28+/m0/s1. The number of likely N-dealkylation sites (N-methyl/N-ethyl adjacent to an activating group) is 1. The van der Waals surface area contributed by atoms with Crippen LogP contribution < -0.4 is 4.74 Å². The van der Waals surface area contributed by atoms with Crippen LogP contribution in [0.1, 0.15) is 64.5 Å². The molecule has 2 aliphatic heterocycles. The van der Waals surface area contributed by atoms with Crippen molar-refractivity contribution in [2.24, 2.45) is 0 Å². The molecule has 170 valence electrons. The Morgan fingerprint density at radius 3 is 2.56 bits per heavy atom. The van der Waals surface area contributed by atoms with Crippen LogP contribution in [0.5, 0.6) is 5.75 Å². The zero-order valence-corrected chi connectivity index (χ0v) is 20.0. The molecular weight excluding hydrogens is 442 g/mol. The highest BCUT2D eigenvalue weighted by molar-refractivity contribution is 7.12. The first-order valence-electron chi connectivity index (χ1n) is 11.6. The quantitative estimate of drug-likeness (QED) is 0.518. The van der Waals surface area contributed by atoms with Crippen molar-refractivity contribution in [2.75, 3.05) is 7.05 Å². The van der Waals surface area contributed by atoms with Gasteiger partial charge in [0.2, 0.25) is 5.91 Å². The molecule has 0 radical (unpaired) electrons. The number of amidine groups is 1. The predicted octanol–water partition coefficient (Wildman–Crippen LogP) is 5.94. The Balaban J connectivity index is 1.46. The highest BCUT2D eigenvalue weighted by Crippen LogP contribution is 2.52. The van der Waals surface area contributed by atoms with E-state index in [0.717, 1.165) is 32.2 Å². The Morgan fingerprint density at radius 2 is 1.85 bits per heavy atom. The third-order valence-corrected chi connectivity index (χ3v) is 8.99. The molecule has 5 nitrogen and oxygen atoms in total. The van der Waals surface area contributed by atoms with Crippen molar-refractivity contribution in [3.63, 3.8) is 0 Å². The van der Waals surface area contributed by atoms with Crippen molar-refractivity contribution < 1.29 is 9.53 Å². The number of likely N-dealkylation sites (tertiary alicyclic amines) is 1. The second-order valence-corrected chi connectivity index (χ2v) is 11.0. The van der Waals surface area contributed by atoms with E-state index in [1.165, 1.54) is 23.3 Å². The zero-order valence-electron chi connectivity index (χ0n) is 19.2. The number of rotatable bonds is 3. The van der Waals surface area contributed by atoms with Crippen LogP contribution in [0.15, 0.2) is 48.5 Å². The molecule has 0 spiro atoms. The van der Waals surface area contributed by atoms with Gasteiger partial charge in [-0.25, -0.2) is 0 Å². The van der Waals surface area contributed by atoms with Crippen LogP contribution in [0.3, 0.4) is 0 Å². The molecule has 1 amide bonds. The first-order chi connectivity index (χ1) is 16.4. The molecule has 6 heteroatoms. The highest BCUT2D eigenvalue weighted by atomic mass is 32.1. The summed E-state index contributed by atoms with van der Waals surface area (Å²) >= 11 is 1.66. The van der Waals surface area contributed by atoms with Crippen LogP contribution >= 0.6 is 11.3 Å². The molecule has 3 aromatic rings. The Kier molecular flexibility index (Phi) is 4.69. The molecule has 6 rings (SSSR count). The maximum Gasteiger partial charge on any atom is 0.236 e. The van der Waals surface area contributed by atoms with Gasteiger partial charge in [0.1, 0.15) is 18.2 Å². The van der Waals surface area contributed by atoms with E-state index in [1.54, 1.807) is 24.5 Å². The summed E-state index contributed by atoms with van der Waals surface area (Å²) in [5.74, 6) is 1.38. The van der Waals surface area contributed by atoms with Crippen molar-refractivity contribution in [3.8, 4) is 22.9 Å². The second-order valence-electron chi connectivity index (χ2n) is 9.87. The number of amides is 1. The van der Waals surface area contributed by atoms with E-state index in [4.69, 9.17) is 10.1 Å². The lowest BCUT2D eigenvalue weighted by atomic mass is 9.66. The summed E-state index contributed by atoms with van der Waals surface area (Å²) in [6.07, 6.45) is 2.98. The Morgan fingerprint density at radius 1 is 1.12 bits per heavy atom. The summed E-state index contributed by atoms with van der Waals surface area (Å²) in [5.41, 5.74) is 4.40. The monoisotopic (exact) mass is 467 g/mol. The van der Waals surface area contributed by atoms with Crippen molar-refractivity contribution in [2.45, 2.75) is 50.0 Å². The van der Waals surface area contributed by atoms with Gasteiger partial charge in [-0.15, -0.1) is 11.3 Å². The minimum absolute atomic E-state index is 0.0345. The van der Waals surface area contributed by atoms with Gasteiger partial charge in [0.15, 0.2) is 0 Å². The number of carbonyl (C=O) groups is 1. The van der Waals surface area contributed by atoms with E-state index in [-0.39, 0.29) is 11.8 Å². The molecule has 1 saturated heterocycles. The predicted molar refractivity (Wildman–Crippen MR) is 132 cm³/mol. The molecular formula is C28H25N3O2S. The SMILES string of the molecule is CN1C(=N)C[C@](C)(c2cc3c(s2)COc2ccc(C#N)cc2-3)[C@@H](c2ccc(C3CC3)cc2)C1=O. The largest absolute Gasteiger partial charge is 0.487 e. The number of hydrogen-bond donors (Lipinski definition) is 1. The highest BCUT2D eigenvalue weighted by Gasteiger charge is 2.49. The molecule has 34 heavy (non-hydrogen) atoms. The van der Waals surface area contributed by atoms with E-state index < -0.39 is 5.41 Å². The van der Waals surface area contributed by atoms with Gasteiger partial charge in [-0.2, -0.15) is 5.26 Å². The topological polar surface area (TPSA) is 77.2 Å². The van der Waals surface area contributed by atoms with Crippen LogP contribution in [0.4, 0.5) is 0 Å². The first-order valence-corrected chi connectivity index (χ1v) is 12.5. The minimum atomic E-state index is -0.545. The van der Waals surface area contributed by atoms with Gasteiger partial charge >= 0.3 is 0 Å². The number of nitrogens with zero attached hydrogens (tertiary/aromatic N) is 2. The Bertz CT molecular complexity index is 1380. The van der Waals surface area contributed by atoms with Crippen molar-refractivity contribution in [1.29, 1.82) is 10.7 Å². The molecule has 1 aliphatic carbocycles. The number of carbonyl (C=O) groups excluding carboxylic acids is 1. The van der Waals surface area contributed by atoms with E-state index in [1.807, 2.05) is 12.1 Å². The molecule has 3 heterocycles. The molecule has 0 unspecified atom stereocenters. The number of piperidine rings is 1. The van der Waals surface area contributed by atoms with Crippen molar-refractivity contribution in [3.05, 3.63) is 75.0 Å². The number of nitrogens with one attached hydrogen (secondary N) is 1. The maximum absolute atomic E-state index is 13.6. The Hall–Kier alpha value is -3.43. The van der Waals surface area contributed by atoms with E-state index in [2.05, 4.69) is 43.3 Å². The summed E-state index contributed by atoms with van der Waals surface area (Å²) in [4.78, 5) is 17.3. The van der Waals surface area contributed by atoms with Gasteiger partial charge in [-0.05, 0) is 54.2 Å². The molecule has 2 fully saturated rings. The lowest BCUT2D eigenvalue weighted by Gasteiger charge is -2.44. The number of ether oxygens (including phenoxy) is 1. The fourth-order valence-electron chi connectivity index (χ4n) is 5.41. The second kappa shape index (κ2) is 7.54. The number of thiophene rings is 1. The van der Waals surface area contributed by atoms with Crippen LogP contribution in [0, 0.1) is 16.7 Å². The van der Waals surface area contributed by atoms with Gasteiger partial charge in [0, 0.05) is 34.9 Å². The smallest absolute Gasteiger partial charge is 0.236 e. The van der Waals surface area contributed by atoms with Gasteiger partial charge in [-0.1, -0.05) is 31.2 Å². The summed E-state index contributed by atoms with van der Waals surface area (Å²) in [6, 6.07) is 18.5. The van der Waals surface area contributed by atoms with Crippen LogP contribution in [0.2, 0.25) is 0 Å². The normalized spacial score (nSPS) is 23.7. The van der Waals surface area contributed by atoms with Crippen LogP contribution in [0.25, 0.3) is 11.1 Å². The number of hydrogen-bond acceptors (Lipinski definition) is 5. The fourth-order valence-corrected chi connectivity index (χ4v) is 6.67. The lowest BCUT2D eigenvalue weighted by molar-refractivity contribution is -0.131. The molecule has 3 aliphatic rings. The molecule has 2 atom stereocenters. The third-order valence-electron chi connectivity index (χ3n) is 7.60. The van der Waals surface area contributed by atoms with Crippen molar-refractivity contribution in [1.82, 2.24) is 4.90 Å².